The maximum Gasteiger partial charge on any atom is 0.161 e. The van der Waals surface area contributed by atoms with Crippen LogP contribution in [0.15, 0.2) is 42.6 Å². The highest BCUT2D eigenvalue weighted by atomic mass is 16.5. The van der Waals surface area contributed by atoms with E-state index >= 15 is 0 Å². The van der Waals surface area contributed by atoms with Gasteiger partial charge < -0.3 is 15.2 Å². The lowest BCUT2D eigenvalue weighted by atomic mass is 10.2. The molecule has 0 amide bonds. The molecule has 0 fully saturated rings. The summed E-state index contributed by atoms with van der Waals surface area (Å²) in [4.78, 5) is 4.20. The highest BCUT2D eigenvalue weighted by Crippen LogP contribution is 2.28. The highest BCUT2D eigenvalue weighted by molar-refractivity contribution is 5.42. The van der Waals surface area contributed by atoms with Gasteiger partial charge in [0.1, 0.15) is 6.61 Å². The van der Waals surface area contributed by atoms with Crippen LogP contribution in [-0.2, 0) is 13.2 Å². The lowest BCUT2D eigenvalue weighted by Gasteiger charge is -2.11. The monoisotopic (exact) mass is 244 g/mol. The van der Waals surface area contributed by atoms with Crippen LogP contribution in [-0.4, -0.2) is 12.1 Å². The third-order valence-electron chi connectivity index (χ3n) is 2.57. The number of rotatable bonds is 5. The lowest BCUT2D eigenvalue weighted by molar-refractivity contribution is 0.280. The van der Waals surface area contributed by atoms with Crippen LogP contribution in [0.4, 0.5) is 0 Å². The molecule has 0 spiro atoms. The van der Waals surface area contributed by atoms with Crippen LogP contribution in [0.1, 0.15) is 11.3 Å². The summed E-state index contributed by atoms with van der Waals surface area (Å²) in [5.74, 6) is 1.38. The van der Waals surface area contributed by atoms with Gasteiger partial charge in [-0.25, -0.2) is 0 Å². The number of hydrogen-bond acceptors (Lipinski definition) is 4. The van der Waals surface area contributed by atoms with Gasteiger partial charge in [0.2, 0.25) is 0 Å². The molecule has 0 bridgehead atoms. The van der Waals surface area contributed by atoms with Crippen molar-refractivity contribution in [3.05, 3.63) is 53.9 Å². The molecule has 2 N–H and O–H groups in total. The van der Waals surface area contributed by atoms with Crippen LogP contribution in [0.3, 0.4) is 0 Å². The van der Waals surface area contributed by atoms with Gasteiger partial charge in [0.05, 0.1) is 12.8 Å². The molecule has 0 saturated heterocycles. The summed E-state index contributed by atoms with van der Waals surface area (Å²) in [6, 6.07) is 11.4. The number of benzene rings is 1. The van der Waals surface area contributed by atoms with Crippen LogP contribution in [0.2, 0.25) is 0 Å². The van der Waals surface area contributed by atoms with Crippen molar-refractivity contribution in [1.29, 1.82) is 0 Å². The Kier molecular flexibility index (Phi) is 4.15. The molecule has 4 heteroatoms. The fourth-order valence-electron chi connectivity index (χ4n) is 1.59. The van der Waals surface area contributed by atoms with Crippen molar-refractivity contribution in [2.45, 2.75) is 13.2 Å². The molecule has 2 aromatic rings. The number of aromatic nitrogens is 1. The highest BCUT2D eigenvalue weighted by Gasteiger charge is 2.05. The molecular formula is C14H16N2O2. The maximum atomic E-state index is 5.69. The third-order valence-corrected chi connectivity index (χ3v) is 2.57. The molecule has 0 unspecified atom stereocenters. The van der Waals surface area contributed by atoms with E-state index < -0.39 is 0 Å². The molecule has 4 nitrogen and oxygen atoms in total. The molecule has 0 aliphatic carbocycles. The summed E-state index contributed by atoms with van der Waals surface area (Å²) in [6.07, 6.45) is 1.74. The zero-order chi connectivity index (χ0) is 12.8. The average molecular weight is 244 g/mol. The predicted molar refractivity (Wildman–Crippen MR) is 69.5 cm³/mol. The van der Waals surface area contributed by atoms with Crippen molar-refractivity contribution < 1.29 is 9.47 Å². The van der Waals surface area contributed by atoms with Crippen molar-refractivity contribution in [3.63, 3.8) is 0 Å². The SMILES string of the molecule is COc1cc(CN)ccc1OCc1ccccn1. The van der Waals surface area contributed by atoms with Crippen LogP contribution in [0.5, 0.6) is 11.5 Å². The smallest absolute Gasteiger partial charge is 0.161 e. The summed E-state index contributed by atoms with van der Waals surface area (Å²) in [6.45, 7) is 0.899. The van der Waals surface area contributed by atoms with Crippen molar-refractivity contribution in [3.8, 4) is 11.5 Å². The van der Waals surface area contributed by atoms with Gasteiger partial charge in [-0.05, 0) is 29.8 Å². The van der Waals surface area contributed by atoms with E-state index in [4.69, 9.17) is 15.2 Å². The Hall–Kier alpha value is -2.07. The predicted octanol–water partition coefficient (Wildman–Crippen LogP) is 2.13. The maximum absolute atomic E-state index is 5.69. The number of hydrogen-bond donors (Lipinski definition) is 1. The Morgan fingerprint density at radius 1 is 1.17 bits per heavy atom. The molecule has 0 saturated carbocycles. The van der Waals surface area contributed by atoms with Crippen molar-refractivity contribution >= 4 is 0 Å². The lowest BCUT2D eigenvalue weighted by Crippen LogP contribution is -2.01. The van der Waals surface area contributed by atoms with E-state index in [0.29, 0.717) is 24.7 Å². The Morgan fingerprint density at radius 3 is 2.72 bits per heavy atom. The summed E-state index contributed by atoms with van der Waals surface area (Å²) in [7, 11) is 1.61. The number of ether oxygens (including phenoxy) is 2. The second kappa shape index (κ2) is 6.02. The first-order valence-corrected chi connectivity index (χ1v) is 5.73. The zero-order valence-electron chi connectivity index (χ0n) is 10.3. The number of nitrogens with zero attached hydrogens (tertiary/aromatic N) is 1. The van der Waals surface area contributed by atoms with Gasteiger partial charge in [0.25, 0.3) is 0 Å². The van der Waals surface area contributed by atoms with Gasteiger partial charge in [-0.2, -0.15) is 0 Å². The van der Waals surface area contributed by atoms with E-state index in [-0.39, 0.29) is 0 Å². The quantitative estimate of drug-likeness (QED) is 0.875. The largest absolute Gasteiger partial charge is 0.493 e. The summed E-state index contributed by atoms with van der Waals surface area (Å²) in [5.41, 5.74) is 7.47. The minimum Gasteiger partial charge on any atom is -0.493 e. The Balaban J connectivity index is 2.09. The fourth-order valence-corrected chi connectivity index (χ4v) is 1.59. The molecule has 0 aliphatic rings. The molecule has 0 radical (unpaired) electrons. The molecule has 0 aliphatic heterocycles. The molecule has 1 heterocycles. The van der Waals surface area contributed by atoms with Crippen molar-refractivity contribution in [2.75, 3.05) is 7.11 Å². The van der Waals surface area contributed by atoms with E-state index in [0.717, 1.165) is 11.3 Å². The minimum absolute atomic E-state index is 0.416. The van der Waals surface area contributed by atoms with Gasteiger partial charge in [0.15, 0.2) is 11.5 Å². The van der Waals surface area contributed by atoms with Gasteiger partial charge >= 0.3 is 0 Å². The molecular weight excluding hydrogens is 228 g/mol. The number of pyridine rings is 1. The van der Waals surface area contributed by atoms with Crippen LogP contribution in [0, 0.1) is 0 Å². The second-order valence-corrected chi connectivity index (χ2v) is 3.80. The molecule has 1 aromatic carbocycles. The third kappa shape index (κ3) is 2.99. The second-order valence-electron chi connectivity index (χ2n) is 3.80. The van der Waals surface area contributed by atoms with E-state index in [9.17, 15) is 0 Å². The van der Waals surface area contributed by atoms with Gasteiger partial charge in [0, 0.05) is 12.7 Å². The number of methoxy groups -OCH3 is 1. The topological polar surface area (TPSA) is 57.4 Å². The normalized spacial score (nSPS) is 10.1. The molecule has 2 rings (SSSR count). The first-order valence-electron chi connectivity index (χ1n) is 5.73. The molecule has 18 heavy (non-hydrogen) atoms. The Bertz CT molecular complexity index is 500. The van der Waals surface area contributed by atoms with E-state index in [1.54, 1.807) is 13.3 Å². The Labute approximate surface area is 106 Å². The fraction of sp³-hybridized carbons (Fsp3) is 0.214. The minimum atomic E-state index is 0.416. The first-order chi connectivity index (χ1) is 8.83. The van der Waals surface area contributed by atoms with E-state index in [1.165, 1.54) is 0 Å². The molecule has 94 valence electrons. The molecule has 0 atom stereocenters. The van der Waals surface area contributed by atoms with Crippen molar-refractivity contribution in [1.82, 2.24) is 4.98 Å². The van der Waals surface area contributed by atoms with Crippen molar-refractivity contribution in [2.24, 2.45) is 5.73 Å². The van der Waals surface area contributed by atoms with E-state index in [1.807, 2.05) is 36.4 Å². The summed E-state index contributed by atoms with van der Waals surface area (Å²) >= 11 is 0. The molecule has 1 aromatic heterocycles. The average Bonchev–Trinajstić information content (AvgIpc) is 2.46. The standard InChI is InChI=1S/C14H16N2O2/c1-17-14-8-11(9-15)5-6-13(14)18-10-12-4-2-3-7-16-12/h2-8H,9-10,15H2,1H3. The van der Waals surface area contributed by atoms with E-state index in [2.05, 4.69) is 4.98 Å². The van der Waals surface area contributed by atoms with Gasteiger partial charge in [-0.3, -0.25) is 4.98 Å². The number of nitrogens with two attached hydrogens (primary N) is 1. The van der Waals surface area contributed by atoms with Crippen LogP contribution >= 0.6 is 0 Å². The summed E-state index contributed by atoms with van der Waals surface area (Å²) in [5, 5.41) is 0. The van der Waals surface area contributed by atoms with Crippen LogP contribution < -0.4 is 15.2 Å². The van der Waals surface area contributed by atoms with Crippen LogP contribution in [0.25, 0.3) is 0 Å². The van der Waals surface area contributed by atoms with Gasteiger partial charge in [-0.15, -0.1) is 0 Å². The first kappa shape index (κ1) is 12.4. The Morgan fingerprint density at radius 2 is 2.06 bits per heavy atom. The van der Waals surface area contributed by atoms with Gasteiger partial charge in [-0.1, -0.05) is 12.1 Å². The summed E-state index contributed by atoms with van der Waals surface area (Å²) < 4.78 is 11.0. The zero-order valence-corrected chi connectivity index (χ0v) is 10.3.